The van der Waals surface area contributed by atoms with Gasteiger partial charge in [-0.15, -0.1) is 0 Å². The van der Waals surface area contributed by atoms with Crippen molar-refractivity contribution in [3.8, 4) is 6.07 Å². The third-order valence-electron chi connectivity index (χ3n) is 1.10. The Balaban J connectivity index is 4.90. The molecule has 11 heavy (non-hydrogen) atoms. The monoisotopic (exact) mass is 152 g/mol. The van der Waals surface area contributed by atoms with Crippen LogP contribution in [0.3, 0.4) is 0 Å². The molecule has 4 nitrogen and oxygen atoms in total. The first-order chi connectivity index (χ1) is 5.17. The Kier molecular flexibility index (Phi) is 3.60. The van der Waals surface area contributed by atoms with Crippen molar-refractivity contribution in [3.63, 3.8) is 0 Å². The van der Waals surface area contributed by atoms with Crippen LogP contribution in [0.4, 0.5) is 0 Å². The first-order valence-electron chi connectivity index (χ1n) is 2.89. The van der Waals surface area contributed by atoms with E-state index in [9.17, 15) is 4.79 Å². The summed E-state index contributed by atoms with van der Waals surface area (Å²) in [4.78, 5) is 13.6. The average Bonchev–Trinajstić information content (AvgIpc) is 2.05. The minimum atomic E-state index is -0.356. The van der Waals surface area contributed by atoms with Crippen molar-refractivity contribution < 1.29 is 9.90 Å². The van der Waals surface area contributed by atoms with Crippen molar-refractivity contribution in [1.29, 1.82) is 5.26 Å². The molecule has 0 aromatic rings. The molecule has 0 aliphatic heterocycles. The van der Waals surface area contributed by atoms with Gasteiger partial charge in [-0.2, -0.15) is 5.26 Å². The van der Waals surface area contributed by atoms with Crippen molar-refractivity contribution in [1.82, 2.24) is 0 Å². The zero-order chi connectivity index (χ0) is 8.85. The van der Waals surface area contributed by atoms with E-state index in [0.29, 0.717) is 6.29 Å². The Bertz CT molecular complexity index is 258. The number of hydrogen-bond acceptors (Lipinski definition) is 4. The van der Waals surface area contributed by atoms with Gasteiger partial charge in [0.15, 0.2) is 11.5 Å². The molecule has 0 rings (SSSR count). The summed E-state index contributed by atoms with van der Waals surface area (Å²) in [6.07, 6.45) is 0.470. The van der Waals surface area contributed by atoms with Gasteiger partial charge in [0, 0.05) is 12.6 Å². The van der Waals surface area contributed by atoms with Crippen molar-refractivity contribution in [2.75, 3.05) is 7.05 Å². The largest absolute Gasteiger partial charge is 0.505 e. The van der Waals surface area contributed by atoms with Gasteiger partial charge in [0.05, 0.1) is 0 Å². The number of hydrogen-bond donors (Lipinski definition) is 1. The lowest BCUT2D eigenvalue weighted by molar-refractivity contribution is -0.105. The van der Waals surface area contributed by atoms with Gasteiger partial charge < -0.3 is 5.11 Å². The molecule has 4 heteroatoms. The van der Waals surface area contributed by atoms with Crippen LogP contribution in [-0.4, -0.2) is 24.2 Å². The van der Waals surface area contributed by atoms with Gasteiger partial charge in [0.25, 0.3) is 0 Å². The lowest BCUT2D eigenvalue weighted by atomic mass is 10.2. The summed E-state index contributed by atoms with van der Waals surface area (Å²) in [5.41, 5.74) is -0.0262. The fraction of sp³-hybridized carbons (Fsp3) is 0.286. The van der Waals surface area contributed by atoms with Crippen LogP contribution in [0.2, 0.25) is 0 Å². The van der Waals surface area contributed by atoms with Gasteiger partial charge in [0.2, 0.25) is 0 Å². The van der Waals surface area contributed by atoms with Gasteiger partial charge in [-0.25, -0.2) is 0 Å². The minimum absolute atomic E-state index is 0.104. The molecule has 0 radical (unpaired) electrons. The molecule has 0 bridgehead atoms. The van der Waals surface area contributed by atoms with Crippen LogP contribution in [0.15, 0.2) is 16.3 Å². The van der Waals surface area contributed by atoms with Gasteiger partial charge >= 0.3 is 0 Å². The molecule has 0 spiro atoms. The van der Waals surface area contributed by atoms with Crippen LogP contribution in [0.5, 0.6) is 0 Å². The number of aldehydes is 1. The zero-order valence-electron chi connectivity index (χ0n) is 6.33. The third kappa shape index (κ3) is 2.22. The second-order valence-corrected chi connectivity index (χ2v) is 1.83. The molecule has 0 saturated carbocycles. The lowest BCUT2D eigenvalue weighted by Gasteiger charge is -1.95. The van der Waals surface area contributed by atoms with E-state index in [1.807, 2.05) is 0 Å². The number of rotatable bonds is 2. The molecule has 0 atom stereocenters. The highest BCUT2D eigenvalue weighted by Gasteiger charge is 2.05. The average molecular weight is 152 g/mol. The fourth-order valence-corrected chi connectivity index (χ4v) is 0.451. The summed E-state index contributed by atoms with van der Waals surface area (Å²) in [6, 6.07) is 1.65. The van der Waals surface area contributed by atoms with E-state index in [1.165, 1.54) is 14.0 Å². The van der Waals surface area contributed by atoms with Gasteiger partial charge in [0.1, 0.15) is 12.4 Å². The summed E-state index contributed by atoms with van der Waals surface area (Å²) in [5, 5.41) is 17.4. The SMILES string of the molecule is C/N=C(C#N)\C(O)=C(/C)C=O. The molecule has 0 amide bonds. The van der Waals surface area contributed by atoms with Crippen LogP contribution in [0.25, 0.3) is 0 Å². The van der Waals surface area contributed by atoms with Crippen LogP contribution in [-0.2, 0) is 4.79 Å². The molecule has 0 aliphatic carbocycles. The van der Waals surface area contributed by atoms with Gasteiger partial charge in [-0.3, -0.25) is 9.79 Å². The number of carbonyl (C=O) groups excluding carboxylic acids is 1. The van der Waals surface area contributed by atoms with Crippen molar-refractivity contribution in [2.24, 2.45) is 4.99 Å². The molecule has 0 aromatic heterocycles. The maximum atomic E-state index is 10.1. The van der Waals surface area contributed by atoms with E-state index in [2.05, 4.69) is 4.99 Å². The van der Waals surface area contributed by atoms with E-state index < -0.39 is 0 Å². The quantitative estimate of drug-likeness (QED) is 0.272. The number of aliphatic imine (C=N–C) groups is 1. The molecule has 0 unspecified atom stereocenters. The Hall–Kier alpha value is -1.63. The van der Waals surface area contributed by atoms with E-state index in [-0.39, 0.29) is 17.0 Å². The van der Waals surface area contributed by atoms with Crippen LogP contribution in [0.1, 0.15) is 6.92 Å². The van der Waals surface area contributed by atoms with Crippen molar-refractivity contribution in [2.45, 2.75) is 6.92 Å². The molecule has 0 fully saturated rings. The number of aliphatic hydroxyl groups excluding tert-OH is 1. The van der Waals surface area contributed by atoms with Crippen LogP contribution in [0, 0.1) is 11.3 Å². The first-order valence-corrected chi connectivity index (χ1v) is 2.89. The highest BCUT2D eigenvalue weighted by atomic mass is 16.3. The summed E-state index contributed by atoms with van der Waals surface area (Å²) in [5.74, 6) is -0.356. The zero-order valence-corrected chi connectivity index (χ0v) is 6.33. The Morgan fingerprint density at radius 3 is 2.55 bits per heavy atom. The molecular weight excluding hydrogens is 144 g/mol. The smallest absolute Gasteiger partial charge is 0.177 e. The molecule has 1 N–H and O–H groups in total. The van der Waals surface area contributed by atoms with Crippen LogP contribution < -0.4 is 0 Å². The molecule has 0 aliphatic rings. The molecule has 58 valence electrons. The normalized spacial score (nSPS) is 13.4. The summed E-state index contributed by atoms with van der Waals surface area (Å²) < 4.78 is 0. The summed E-state index contributed by atoms with van der Waals surface area (Å²) in [6.45, 7) is 1.41. The molecule has 0 aromatic carbocycles. The first kappa shape index (κ1) is 9.37. The predicted octanol–water partition coefficient (Wildman–Crippen LogP) is 0.612. The van der Waals surface area contributed by atoms with Crippen molar-refractivity contribution >= 4 is 12.0 Å². The van der Waals surface area contributed by atoms with Gasteiger partial charge in [-0.05, 0) is 6.92 Å². The second kappa shape index (κ2) is 4.23. The third-order valence-corrected chi connectivity index (χ3v) is 1.10. The summed E-state index contributed by atoms with van der Waals surface area (Å²) >= 11 is 0. The second-order valence-electron chi connectivity index (χ2n) is 1.83. The number of aliphatic hydroxyl groups is 1. The fourth-order valence-electron chi connectivity index (χ4n) is 0.451. The van der Waals surface area contributed by atoms with E-state index in [4.69, 9.17) is 10.4 Å². The standard InChI is InChI=1S/C7H8N2O2/c1-5(4-10)7(11)6(3-8)9-2/h4,11H,1-2H3/b7-5-,9-6-. The van der Waals surface area contributed by atoms with E-state index >= 15 is 0 Å². The topological polar surface area (TPSA) is 73.4 Å². The lowest BCUT2D eigenvalue weighted by Crippen LogP contribution is -2.02. The maximum Gasteiger partial charge on any atom is 0.177 e. The molecule has 0 heterocycles. The van der Waals surface area contributed by atoms with Crippen molar-refractivity contribution in [3.05, 3.63) is 11.3 Å². The Morgan fingerprint density at radius 1 is 1.73 bits per heavy atom. The van der Waals surface area contributed by atoms with E-state index in [1.54, 1.807) is 6.07 Å². The number of nitriles is 1. The Labute approximate surface area is 64.5 Å². The summed E-state index contributed by atoms with van der Waals surface area (Å²) in [7, 11) is 1.37. The molecular formula is C7H8N2O2. The predicted molar refractivity (Wildman–Crippen MR) is 40.4 cm³/mol. The van der Waals surface area contributed by atoms with E-state index in [0.717, 1.165) is 0 Å². The number of allylic oxidation sites excluding steroid dienone is 2. The van der Waals surface area contributed by atoms with Gasteiger partial charge in [-0.1, -0.05) is 0 Å². The number of carbonyl (C=O) groups is 1. The van der Waals surface area contributed by atoms with Crippen LogP contribution >= 0.6 is 0 Å². The minimum Gasteiger partial charge on any atom is -0.505 e. The Morgan fingerprint density at radius 2 is 2.27 bits per heavy atom. The number of nitrogens with zero attached hydrogens (tertiary/aromatic N) is 2. The maximum absolute atomic E-state index is 10.1. The molecule has 0 saturated heterocycles. The highest BCUT2D eigenvalue weighted by molar-refractivity contribution is 6.11. The highest BCUT2D eigenvalue weighted by Crippen LogP contribution is 1.99.